The number of carbonyl (C=O) groups is 4. The molecule has 1 aromatic heterocycles. The smallest absolute Gasteiger partial charge is 0.411 e. The van der Waals surface area contributed by atoms with Gasteiger partial charge in [-0.25, -0.2) is 18.2 Å². The number of aromatic nitrogens is 1. The van der Waals surface area contributed by atoms with Crippen molar-refractivity contribution in [1.29, 1.82) is 0 Å². The predicted molar refractivity (Wildman–Crippen MR) is 211 cm³/mol. The molecule has 59 heavy (non-hydrogen) atoms. The number of carboxylic acid groups (broad SMARTS) is 1. The first-order valence-corrected chi connectivity index (χ1v) is 21.6. The van der Waals surface area contributed by atoms with E-state index in [1.807, 2.05) is 13.0 Å². The van der Waals surface area contributed by atoms with Crippen molar-refractivity contribution < 1.29 is 55.3 Å². The number of benzene rings is 1. The van der Waals surface area contributed by atoms with E-state index in [9.17, 15) is 41.1 Å². The highest BCUT2D eigenvalue weighted by Gasteiger charge is 2.64. The number of nitrogens with zero attached hydrogens (tertiary/aromatic N) is 3. The molecule has 3 heterocycles. The molecule has 324 valence electrons. The zero-order valence-corrected chi connectivity index (χ0v) is 35.3. The molecule has 0 radical (unpaired) electrons. The van der Waals surface area contributed by atoms with Gasteiger partial charge in [0.1, 0.15) is 35.0 Å². The summed E-state index contributed by atoms with van der Waals surface area (Å²) in [6.45, 7) is 6.05. The van der Waals surface area contributed by atoms with Gasteiger partial charge in [-0.3, -0.25) is 24.0 Å². The third kappa shape index (κ3) is 8.53. The zero-order valence-electron chi connectivity index (χ0n) is 33.8. The lowest BCUT2D eigenvalue weighted by Crippen LogP contribution is -2.66. The van der Waals surface area contributed by atoms with Gasteiger partial charge in [-0.05, 0) is 83.3 Å². The Bertz CT molecular complexity index is 2150. The van der Waals surface area contributed by atoms with E-state index < -0.39 is 85.9 Å². The van der Waals surface area contributed by atoms with Crippen LogP contribution in [0.25, 0.3) is 10.9 Å². The van der Waals surface area contributed by atoms with E-state index in [4.69, 9.17) is 21.1 Å². The third-order valence-electron chi connectivity index (χ3n) is 12.6. The lowest BCUT2D eigenvalue weighted by molar-refractivity contribution is -0.222. The summed E-state index contributed by atoms with van der Waals surface area (Å²) >= 11 is 6.58. The van der Waals surface area contributed by atoms with Gasteiger partial charge in [0.25, 0.3) is 5.91 Å². The Labute approximate surface area is 346 Å². The molecule has 7 atom stereocenters. The molecule has 3 fully saturated rings. The van der Waals surface area contributed by atoms with Crippen LogP contribution in [0.4, 0.5) is 18.0 Å². The van der Waals surface area contributed by atoms with Crippen LogP contribution in [0, 0.1) is 17.8 Å². The Morgan fingerprint density at radius 3 is 2.47 bits per heavy atom. The molecule has 2 aromatic rings. The van der Waals surface area contributed by atoms with Crippen LogP contribution in [-0.2, 0) is 24.4 Å². The Hall–Kier alpha value is -4.32. The summed E-state index contributed by atoms with van der Waals surface area (Å²) in [5, 5.41) is 14.1. The van der Waals surface area contributed by atoms with Crippen LogP contribution < -0.4 is 19.5 Å². The standard InChI is InChI=1S/C40H51ClF3N5O9S/c1-7-23-16-22(2)10-8-9-11-24-20-39(24,35(52)47-59(55,56)38(5)14-15-38)46-33(50)30-18-26(58-31-19-28(41)27-13-12-25(57-6)17-29(27)45-31)21-48(30)34(51)32(23)49(36(53)54)37(3,4)40(42,43)44/h9,11-13,17,19,22-24,26,30,32H,7-8,10,14-16,18,20-21H2,1-6H3,(H,46,50)(H,47,52)(H,53,54)/t22-,23-,24-,26-,30+,32+,39-/m1/s1. The van der Waals surface area contributed by atoms with Gasteiger partial charge >= 0.3 is 12.3 Å². The zero-order chi connectivity index (χ0) is 43.5. The molecule has 3 N–H and O–H groups in total. The maximum Gasteiger partial charge on any atom is 0.411 e. The van der Waals surface area contributed by atoms with Crippen molar-refractivity contribution >= 4 is 56.3 Å². The normalized spacial score (nSPS) is 28.7. The van der Waals surface area contributed by atoms with Gasteiger partial charge < -0.3 is 24.8 Å². The molecular weight excluding hydrogens is 819 g/mol. The van der Waals surface area contributed by atoms with E-state index in [-0.39, 0.29) is 53.9 Å². The Balaban J connectivity index is 1.43. The van der Waals surface area contributed by atoms with Crippen LogP contribution in [0.1, 0.15) is 86.0 Å². The fourth-order valence-electron chi connectivity index (χ4n) is 8.27. The van der Waals surface area contributed by atoms with Gasteiger partial charge in [0.05, 0.1) is 28.9 Å². The fraction of sp³-hybridized carbons (Fsp3) is 0.625. The average molecular weight is 870 g/mol. The van der Waals surface area contributed by atoms with Crippen LogP contribution in [0.3, 0.4) is 0 Å². The number of alkyl halides is 3. The SMILES string of the molecule is CC[C@@H]1C[C@H](C)CCC=C[C@@H]2C[C@@]2(C(=O)NS(=O)(=O)C2(C)CC2)NC(=O)[C@@H]2C[C@@H](Oc3cc(Cl)c4ccc(OC)cc4n3)CN2C(=O)[C@H]1N(C(=O)O)C(C)(C)C(F)(F)F. The molecule has 2 saturated carbocycles. The molecule has 2 aliphatic heterocycles. The summed E-state index contributed by atoms with van der Waals surface area (Å²) in [6, 6.07) is 3.06. The number of pyridine rings is 1. The number of nitrogens with one attached hydrogen (secondary N) is 2. The van der Waals surface area contributed by atoms with Crippen molar-refractivity contribution in [3.63, 3.8) is 0 Å². The number of methoxy groups -OCH3 is 1. The summed E-state index contributed by atoms with van der Waals surface area (Å²) < 4.78 is 83.3. The summed E-state index contributed by atoms with van der Waals surface area (Å²) in [6.07, 6.45) is -2.81. The second-order valence-corrected chi connectivity index (χ2v) is 19.7. The van der Waals surface area contributed by atoms with Crippen LogP contribution in [-0.4, -0.2) is 106 Å². The minimum atomic E-state index is -5.10. The second kappa shape index (κ2) is 15.9. The molecular formula is C40H51ClF3N5O9S. The van der Waals surface area contributed by atoms with Gasteiger partial charge in [0.15, 0.2) is 0 Å². The van der Waals surface area contributed by atoms with Gasteiger partial charge in [0.2, 0.25) is 27.7 Å². The number of hydrogen-bond acceptors (Lipinski definition) is 9. The van der Waals surface area contributed by atoms with Crippen molar-refractivity contribution in [2.24, 2.45) is 17.8 Å². The van der Waals surface area contributed by atoms with Crippen molar-refractivity contribution in [3.8, 4) is 11.6 Å². The number of hydrogen-bond donors (Lipinski definition) is 3. The highest BCUT2D eigenvalue weighted by Crippen LogP contribution is 2.48. The van der Waals surface area contributed by atoms with E-state index >= 15 is 4.79 Å². The summed E-state index contributed by atoms with van der Waals surface area (Å²) in [4.78, 5) is 62.4. The van der Waals surface area contributed by atoms with E-state index in [1.54, 1.807) is 31.2 Å². The van der Waals surface area contributed by atoms with Crippen LogP contribution in [0.2, 0.25) is 5.02 Å². The maximum absolute atomic E-state index is 15.1. The minimum Gasteiger partial charge on any atom is -0.497 e. The van der Waals surface area contributed by atoms with Gasteiger partial charge in [0, 0.05) is 29.9 Å². The van der Waals surface area contributed by atoms with E-state index in [0.29, 0.717) is 56.2 Å². The molecule has 19 heteroatoms. The fourth-order valence-corrected chi connectivity index (χ4v) is 9.84. The van der Waals surface area contributed by atoms with Crippen molar-refractivity contribution in [3.05, 3.63) is 41.4 Å². The number of amides is 4. The number of rotatable bonds is 9. The lowest BCUT2D eigenvalue weighted by Gasteiger charge is -2.46. The minimum absolute atomic E-state index is 0.000508. The molecule has 0 unspecified atom stereocenters. The predicted octanol–water partition coefficient (Wildman–Crippen LogP) is 6.21. The number of ether oxygens (including phenoxy) is 2. The highest BCUT2D eigenvalue weighted by molar-refractivity contribution is 7.91. The lowest BCUT2D eigenvalue weighted by atomic mass is 9.82. The van der Waals surface area contributed by atoms with Crippen LogP contribution in [0.15, 0.2) is 36.4 Å². The van der Waals surface area contributed by atoms with E-state index in [0.717, 1.165) is 4.90 Å². The number of halogens is 4. The first-order chi connectivity index (χ1) is 27.5. The topological polar surface area (TPSA) is 185 Å². The molecule has 14 nitrogen and oxygen atoms in total. The van der Waals surface area contributed by atoms with Crippen molar-refractivity contribution in [2.75, 3.05) is 13.7 Å². The molecule has 0 bridgehead atoms. The largest absolute Gasteiger partial charge is 0.497 e. The molecule has 2 aliphatic carbocycles. The highest BCUT2D eigenvalue weighted by atomic mass is 35.5. The Morgan fingerprint density at radius 1 is 1.17 bits per heavy atom. The summed E-state index contributed by atoms with van der Waals surface area (Å²) in [5.74, 6) is -4.14. The van der Waals surface area contributed by atoms with E-state index in [2.05, 4.69) is 15.0 Å². The van der Waals surface area contributed by atoms with E-state index in [1.165, 1.54) is 20.1 Å². The summed E-state index contributed by atoms with van der Waals surface area (Å²) in [7, 11) is -2.65. The molecule has 1 aromatic carbocycles. The second-order valence-electron chi connectivity index (χ2n) is 17.1. The summed E-state index contributed by atoms with van der Waals surface area (Å²) in [5.41, 5.74) is -4.38. The molecule has 0 spiro atoms. The number of sulfonamides is 1. The van der Waals surface area contributed by atoms with Gasteiger partial charge in [-0.2, -0.15) is 13.2 Å². The first kappa shape index (κ1) is 44.2. The first-order valence-electron chi connectivity index (χ1n) is 19.7. The third-order valence-corrected chi connectivity index (χ3v) is 15.1. The van der Waals surface area contributed by atoms with Gasteiger partial charge in [-0.1, -0.05) is 44.0 Å². The van der Waals surface area contributed by atoms with Crippen LogP contribution in [0.5, 0.6) is 11.6 Å². The average Bonchev–Trinajstić information content (AvgIpc) is 4.03. The van der Waals surface area contributed by atoms with Gasteiger partial charge in [-0.15, -0.1) is 0 Å². The van der Waals surface area contributed by atoms with Crippen molar-refractivity contribution in [2.45, 2.75) is 126 Å². The van der Waals surface area contributed by atoms with Crippen LogP contribution >= 0.6 is 11.6 Å². The number of allylic oxidation sites excluding steroid dienone is 1. The number of fused-ring (bicyclic) bond motifs is 3. The number of carbonyl (C=O) groups excluding carboxylic acids is 3. The van der Waals surface area contributed by atoms with Crippen molar-refractivity contribution in [1.82, 2.24) is 24.8 Å². The molecule has 4 amide bonds. The Morgan fingerprint density at radius 2 is 1.86 bits per heavy atom. The monoisotopic (exact) mass is 869 g/mol. The molecule has 4 aliphatic rings. The quantitative estimate of drug-likeness (QED) is 0.245. The Kier molecular flexibility index (Phi) is 12.0. The molecule has 1 saturated heterocycles. The molecule has 6 rings (SSSR count). The maximum atomic E-state index is 15.1.